The average Bonchev–Trinajstić information content (AvgIpc) is 2.98. The lowest BCUT2D eigenvalue weighted by Gasteiger charge is -2.31. The van der Waals surface area contributed by atoms with Crippen molar-refractivity contribution in [1.29, 1.82) is 0 Å². The molecular weight excluding hydrogens is 438 g/mol. The Labute approximate surface area is 174 Å². The van der Waals surface area contributed by atoms with Crippen molar-refractivity contribution in [2.45, 2.75) is 37.3 Å². The number of allylic oxidation sites excluding steroid dienone is 1. The van der Waals surface area contributed by atoms with Gasteiger partial charge in [0.15, 0.2) is 18.2 Å². The lowest BCUT2D eigenvalue weighted by Crippen LogP contribution is -2.44. The molecule has 3 aliphatic rings. The number of carbonyl (C=O) groups is 2. The van der Waals surface area contributed by atoms with E-state index in [0.717, 1.165) is 17.2 Å². The number of phosphoric acid groups is 1. The Balaban J connectivity index is 1.54. The van der Waals surface area contributed by atoms with Gasteiger partial charge in [-0.15, -0.1) is 0 Å². The topological polar surface area (TPSA) is 160 Å². The lowest BCUT2D eigenvalue weighted by atomic mass is 10.1. The number of fused-ring (bicyclic) bond motifs is 1. The number of aliphatic hydroxyl groups excluding tert-OH is 1. The number of azide groups is 1. The van der Waals surface area contributed by atoms with Crippen LogP contribution in [0.15, 0.2) is 41.7 Å². The quantitative estimate of drug-likeness (QED) is 0.233. The molecule has 3 heterocycles. The molecule has 0 aromatic heterocycles. The maximum absolute atomic E-state index is 14.9. The van der Waals surface area contributed by atoms with Gasteiger partial charge in [-0.1, -0.05) is 23.3 Å². The van der Waals surface area contributed by atoms with Gasteiger partial charge in [0.05, 0.1) is 19.6 Å². The van der Waals surface area contributed by atoms with Gasteiger partial charge >= 0.3 is 7.82 Å². The van der Waals surface area contributed by atoms with Crippen LogP contribution >= 0.6 is 7.82 Å². The number of hydrogen-bond acceptors (Lipinski definition) is 9. The van der Waals surface area contributed by atoms with E-state index in [1.54, 1.807) is 24.3 Å². The second-order valence-corrected chi connectivity index (χ2v) is 8.48. The average molecular weight is 454 g/mol. The van der Waals surface area contributed by atoms with Crippen LogP contribution in [-0.4, -0.2) is 52.5 Å². The summed E-state index contributed by atoms with van der Waals surface area (Å²) >= 11 is 0. The summed E-state index contributed by atoms with van der Waals surface area (Å²) < 4.78 is 48.7. The number of phosphoric ester groups is 1. The highest BCUT2D eigenvalue weighted by Gasteiger charge is 2.59. The SMILES string of the molecule is [N-]=[N+]=N[C@]1(COP2(=O)OCc3ccccc3O2)O[C@@H](N2C=CC(=O)CC2=O)[C@H](F)[C@@H]1O. The van der Waals surface area contributed by atoms with Crippen molar-refractivity contribution in [3.8, 4) is 5.75 Å². The Hall–Kier alpha value is -2.79. The van der Waals surface area contributed by atoms with E-state index in [4.69, 9.17) is 23.8 Å². The molecule has 0 radical (unpaired) electrons. The number of benzene rings is 1. The molecule has 31 heavy (non-hydrogen) atoms. The van der Waals surface area contributed by atoms with Crippen LogP contribution in [0, 0.1) is 0 Å². The number of halogens is 1. The van der Waals surface area contributed by atoms with Crippen molar-refractivity contribution in [3.05, 3.63) is 52.5 Å². The minimum atomic E-state index is -4.22. The number of ether oxygens (including phenoxy) is 1. The summed E-state index contributed by atoms with van der Waals surface area (Å²) in [5, 5.41) is 13.7. The van der Waals surface area contributed by atoms with E-state index in [0.29, 0.717) is 5.56 Å². The van der Waals surface area contributed by atoms with E-state index < -0.39 is 56.8 Å². The van der Waals surface area contributed by atoms with Crippen LogP contribution in [0.3, 0.4) is 0 Å². The van der Waals surface area contributed by atoms with Crippen molar-refractivity contribution in [1.82, 2.24) is 4.90 Å². The molecule has 1 unspecified atom stereocenters. The van der Waals surface area contributed by atoms with Crippen LogP contribution in [0.1, 0.15) is 12.0 Å². The Morgan fingerprint density at radius 1 is 1.42 bits per heavy atom. The third kappa shape index (κ3) is 3.94. The molecular formula is C17H16FN4O8P. The van der Waals surface area contributed by atoms with Crippen LogP contribution in [0.4, 0.5) is 4.39 Å². The molecule has 1 aromatic rings. The fourth-order valence-electron chi connectivity index (χ4n) is 3.28. The number of aliphatic hydroxyl groups is 1. The second kappa shape index (κ2) is 8.04. The van der Waals surface area contributed by atoms with E-state index in [1.807, 2.05) is 0 Å². The molecule has 3 aliphatic heterocycles. The lowest BCUT2D eigenvalue weighted by molar-refractivity contribution is -0.158. The first-order chi connectivity index (χ1) is 14.8. The number of amides is 1. The van der Waals surface area contributed by atoms with E-state index in [1.165, 1.54) is 0 Å². The largest absolute Gasteiger partial charge is 0.530 e. The summed E-state index contributed by atoms with van der Waals surface area (Å²) in [6.45, 7) is -1.000. The number of para-hydroxylation sites is 1. The maximum Gasteiger partial charge on any atom is 0.530 e. The van der Waals surface area contributed by atoms with E-state index in [2.05, 4.69) is 10.0 Å². The van der Waals surface area contributed by atoms with Crippen molar-refractivity contribution in [2.75, 3.05) is 6.61 Å². The monoisotopic (exact) mass is 454 g/mol. The highest BCUT2D eigenvalue weighted by Crippen LogP contribution is 2.55. The Morgan fingerprint density at radius 2 is 2.19 bits per heavy atom. The molecule has 0 saturated carbocycles. The molecule has 0 spiro atoms. The molecule has 164 valence electrons. The van der Waals surface area contributed by atoms with Gasteiger partial charge in [-0.25, -0.2) is 8.96 Å². The van der Waals surface area contributed by atoms with Gasteiger partial charge in [0.2, 0.25) is 11.6 Å². The third-order valence-corrected chi connectivity index (χ3v) is 6.19. The Morgan fingerprint density at radius 3 is 2.94 bits per heavy atom. The molecule has 1 aromatic carbocycles. The zero-order valence-corrected chi connectivity index (χ0v) is 16.6. The first-order valence-electron chi connectivity index (χ1n) is 9.02. The van der Waals surface area contributed by atoms with Gasteiger partial charge in [-0.3, -0.25) is 23.5 Å². The Kier molecular flexibility index (Phi) is 5.56. The van der Waals surface area contributed by atoms with E-state index in [9.17, 15) is 23.7 Å². The van der Waals surface area contributed by atoms with Crippen molar-refractivity contribution >= 4 is 19.5 Å². The summed E-state index contributed by atoms with van der Waals surface area (Å²) in [6.07, 6.45) is -4.48. The number of nitrogens with zero attached hydrogens (tertiary/aromatic N) is 4. The molecule has 5 atom stereocenters. The van der Waals surface area contributed by atoms with Crippen LogP contribution in [0.25, 0.3) is 10.4 Å². The third-order valence-electron chi connectivity index (χ3n) is 4.87. The minimum absolute atomic E-state index is 0.0964. The van der Waals surface area contributed by atoms with Crippen LogP contribution in [-0.2, 0) is 34.5 Å². The Bertz CT molecular complexity index is 1050. The van der Waals surface area contributed by atoms with Crippen molar-refractivity contribution in [3.63, 3.8) is 0 Å². The number of alkyl halides is 1. The predicted octanol–water partition coefficient (Wildman–Crippen LogP) is 2.10. The van der Waals surface area contributed by atoms with Gasteiger partial charge in [0.1, 0.15) is 11.9 Å². The second-order valence-electron chi connectivity index (χ2n) is 6.88. The molecule has 0 aliphatic carbocycles. The summed E-state index contributed by atoms with van der Waals surface area (Å²) in [6, 6.07) is 6.61. The fraction of sp³-hybridized carbons (Fsp3) is 0.412. The summed E-state index contributed by atoms with van der Waals surface area (Å²) in [5.74, 6) is -1.00. The normalized spacial score (nSPS) is 34.8. The first kappa shape index (κ1) is 21.4. The van der Waals surface area contributed by atoms with Gasteiger partial charge in [0.25, 0.3) is 0 Å². The summed E-state index contributed by atoms with van der Waals surface area (Å²) in [4.78, 5) is 26.8. The highest BCUT2D eigenvalue weighted by molar-refractivity contribution is 7.49. The molecule has 1 saturated heterocycles. The van der Waals surface area contributed by atoms with Gasteiger partial charge in [-0.05, 0) is 17.7 Å². The molecule has 1 fully saturated rings. The minimum Gasteiger partial charge on any atom is -0.404 e. The standard InChI is InChI=1S/C17H16FN4O8P/c18-14-15(25)17(20-21-19,29-16(14)22-6-5-11(23)7-13(22)24)9-28-31(26)27-8-10-3-1-2-4-12(10)30-31/h1-6,14-16,25H,7-9H2/t14-,15+,16-,17-,31?/m1/s1. The zero-order chi connectivity index (χ0) is 22.2. The smallest absolute Gasteiger partial charge is 0.404 e. The molecule has 12 nitrogen and oxygen atoms in total. The molecule has 14 heteroatoms. The molecule has 4 rings (SSSR count). The van der Waals surface area contributed by atoms with E-state index >= 15 is 0 Å². The van der Waals surface area contributed by atoms with Gasteiger partial charge in [0, 0.05) is 16.7 Å². The summed E-state index contributed by atoms with van der Waals surface area (Å²) in [5.41, 5.74) is 7.17. The maximum atomic E-state index is 14.9. The first-order valence-corrected chi connectivity index (χ1v) is 10.5. The van der Waals surface area contributed by atoms with Gasteiger partial charge in [-0.2, -0.15) is 0 Å². The highest BCUT2D eigenvalue weighted by atomic mass is 31.2. The molecule has 0 bridgehead atoms. The van der Waals surface area contributed by atoms with Gasteiger partial charge < -0.3 is 14.4 Å². The predicted molar refractivity (Wildman–Crippen MR) is 98.7 cm³/mol. The number of ketones is 1. The molecule has 1 amide bonds. The van der Waals surface area contributed by atoms with Crippen molar-refractivity contribution in [2.24, 2.45) is 5.11 Å². The van der Waals surface area contributed by atoms with Crippen LogP contribution < -0.4 is 4.52 Å². The molecule has 1 N–H and O–H groups in total. The zero-order valence-electron chi connectivity index (χ0n) is 15.7. The van der Waals surface area contributed by atoms with Crippen LogP contribution in [0.5, 0.6) is 5.75 Å². The summed E-state index contributed by atoms with van der Waals surface area (Å²) in [7, 11) is -4.22. The number of hydrogen-bond donors (Lipinski definition) is 1. The number of rotatable bonds is 5. The number of carbonyl (C=O) groups excluding carboxylic acids is 2. The van der Waals surface area contributed by atoms with Crippen LogP contribution in [0.2, 0.25) is 0 Å². The van der Waals surface area contributed by atoms with Crippen molar-refractivity contribution < 1.29 is 42.0 Å². The fourth-order valence-corrected chi connectivity index (χ4v) is 4.52. The van der Waals surface area contributed by atoms with E-state index in [-0.39, 0.29) is 12.4 Å².